The quantitative estimate of drug-likeness (QED) is 0.765. The highest BCUT2D eigenvalue weighted by molar-refractivity contribution is 6.49. The molecular weight excluding hydrogens is 235 g/mol. The highest BCUT2D eigenvalue weighted by Crippen LogP contribution is 2.44. The van der Waals surface area contributed by atoms with Crippen LogP contribution in [0.1, 0.15) is 53.5 Å². The molecule has 0 spiro atoms. The molecule has 1 saturated heterocycles. The van der Waals surface area contributed by atoms with E-state index in [1.807, 2.05) is 6.07 Å². The minimum Gasteiger partial charge on any atom is -0.403 e. The molecule has 19 heavy (non-hydrogen) atoms. The van der Waals surface area contributed by atoms with E-state index in [1.165, 1.54) is 5.56 Å². The van der Waals surface area contributed by atoms with Gasteiger partial charge >= 0.3 is 7.12 Å². The summed E-state index contributed by atoms with van der Waals surface area (Å²) in [6.45, 7) is 12.8. The maximum Gasteiger partial charge on any atom is 0.468 e. The maximum absolute atomic E-state index is 6.25. The van der Waals surface area contributed by atoms with E-state index in [0.717, 1.165) is 6.42 Å². The zero-order valence-electron chi connectivity index (χ0n) is 13.0. The molecule has 3 heteroatoms. The van der Waals surface area contributed by atoms with Crippen LogP contribution in [0.3, 0.4) is 0 Å². The Balaban J connectivity index is 2.35. The molecule has 1 aliphatic rings. The van der Waals surface area contributed by atoms with Gasteiger partial charge in [0.25, 0.3) is 0 Å². The Hall–Kier alpha value is -0.795. The van der Waals surface area contributed by atoms with E-state index in [-0.39, 0.29) is 23.6 Å². The van der Waals surface area contributed by atoms with Gasteiger partial charge in [-0.25, -0.2) is 0 Å². The highest BCUT2D eigenvalue weighted by Gasteiger charge is 2.57. The van der Waals surface area contributed by atoms with Crippen LogP contribution in [-0.2, 0) is 14.6 Å². The summed E-state index contributed by atoms with van der Waals surface area (Å²) in [4.78, 5) is 0. The molecule has 0 radical (unpaired) electrons. The Morgan fingerprint density at radius 1 is 1.00 bits per heavy atom. The summed E-state index contributed by atoms with van der Waals surface area (Å²) < 4.78 is 12.5. The van der Waals surface area contributed by atoms with Gasteiger partial charge in [0.2, 0.25) is 0 Å². The molecule has 0 N–H and O–H groups in total. The van der Waals surface area contributed by atoms with Crippen LogP contribution >= 0.6 is 0 Å². The van der Waals surface area contributed by atoms with Crippen molar-refractivity contribution in [2.45, 2.75) is 64.5 Å². The smallest absolute Gasteiger partial charge is 0.403 e. The Kier molecular flexibility index (Phi) is 3.57. The first-order valence-electron chi connectivity index (χ1n) is 7.14. The lowest BCUT2D eigenvalue weighted by Gasteiger charge is -2.32. The molecule has 0 aromatic heterocycles. The number of benzene rings is 1. The monoisotopic (exact) mass is 260 g/mol. The zero-order valence-corrected chi connectivity index (χ0v) is 13.0. The number of hydrogen-bond donors (Lipinski definition) is 0. The van der Waals surface area contributed by atoms with Crippen molar-refractivity contribution in [3.05, 3.63) is 35.9 Å². The van der Waals surface area contributed by atoms with E-state index >= 15 is 0 Å². The summed E-state index contributed by atoms with van der Waals surface area (Å²) in [5, 5.41) is -0.119. The molecule has 1 atom stereocenters. The van der Waals surface area contributed by atoms with Crippen LogP contribution in [0.2, 0.25) is 0 Å². The fourth-order valence-corrected chi connectivity index (χ4v) is 2.43. The third-order valence-electron chi connectivity index (χ3n) is 4.94. The summed E-state index contributed by atoms with van der Waals surface area (Å²) >= 11 is 0. The summed E-state index contributed by atoms with van der Waals surface area (Å²) in [7, 11) is -0.204. The number of hydrogen-bond acceptors (Lipinski definition) is 2. The molecule has 0 unspecified atom stereocenters. The van der Waals surface area contributed by atoms with Crippen molar-refractivity contribution in [1.29, 1.82) is 0 Å². The average molecular weight is 260 g/mol. The Labute approximate surface area is 117 Å². The van der Waals surface area contributed by atoms with Crippen LogP contribution in [0.4, 0.5) is 0 Å². The highest BCUT2D eigenvalue weighted by atomic mass is 16.7. The van der Waals surface area contributed by atoms with Crippen LogP contribution in [0.5, 0.6) is 0 Å². The SMILES string of the molecule is CC[C@](C)(B1OC(C)(C)C(C)(C)O1)c1ccccc1. The third-order valence-corrected chi connectivity index (χ3v) is 4.94. The summed E-state index contributed by atoms with van der Waals surface area (Å²) in [5.74, 6) is 0. The van der Waals surface area contributed by atoms with Gasteiger partial charge in [0.1, 0.15) is 0 Å². The molecule has 1 heterocycles. The van der Waals surface area contributed by atoms with Gasteiger partial charge in [-0.2, -0.15) is 0 Å². The lowest BCUT2D eigenvalue weighted by molar-refractivity contribution is 0.00578. The van der Waals surface area contributed by atoms with Crippen LogP contribution in [0.15, 0.2) is 30.3 Å². The van der Waals surface area contributed by atoms with Crippen LogP contribution in [0.25, 0.3) is 0 Å². The van der Waals surface area contributed by atoms with E-state index in [2.05, 4.69) is 65.8 Å². The van der Waals surface area contributed by atoms with Crippen LogP contribution in [0, 0.1) is 0 Å². The van der Waals surface area contributed by atoms with E-state index in [1.54, 1.807) is 0 Å². The van der Waals surface area contributed by atoms with E-state index in [4.69, 9.17) is 9.31 Å². The predicted octanol–water partition coefficient (Wildman–Crippen LogP) is 3.99. The van der Waals surface area contributed by atoms with Gasteiger partial charge in [-0.05, 0) is 39.7 Å². The molecule has 2 rings (SSSR count). The first-order valence-corrected chi connectivity index (χ1v) is 7.14. The molecule has 0 amide bonds. The molecule has 0 saturated carbocycles. The normalized spacial score (nSPS) is 24.2. The van der Waals surface area contributed by atoms with E-state index < -0.39 is 0 Å². The Morgan fingerprint density at radius 2 is 1.47 bits per heavy atom. The van der Waals surface area contributed by atoms with Gasteiger partial charge in [-0.15, -0.1) is 0 Å². The Bertz CT molecular complexity index is 425. The predicted molar refractivity (Wildman–Crippen MR) is 80.2 cm³/mol. The van der Waals surface area contributed by atoms with Gasteiger partial charge in [0.05, 0.1) is 11.2 Å². The van der Waals surface area contributed by atoms with Crippen molar-refractivity contribution in [2.24, 2.45) is 0 Å². The lowest BCUT2D eigenvalue weighted by Crippen LogP contribution is -2.43. The fourth-order valence-electron chi connectivity index (χ4n) is 2.43. The minimum absolute atomic E-state index is 0.119. The van der Waals surface area contributed by atoms with E-state index in [0.29, 0.717) is 0 Å². The summed E-state index contributed by atoms with van der Waals surface area (Å²) in [6, 6.07) is 10.5. The zero-order chi connectivity index (χ0) is 14.3. The average Bonchev–Trinajstić information content (AvgIpc) is 2.59. The molecule has 1 aromatic rings. The number of rotatable bonds is 3. The maximum atomic E-state index is 6.25. The van der Waals surface area contributed by atoms with E-state index in [9.17, 15) is 0 Å². The van der Waals surface area contributed by atoms with Crippen LogP contribution in [-0.4, -0.2) is 18.3 Å². The summed E-state index contributed by atoms with van der Waals surface area (Å²) in [6.07, 6.45) is 0.980. The van der Waals surface area contributed by atoms with Crippen molar-refractivity contribution in [3.8, 4) is 0 Å². The van der Waals surface area contributed by atoms with Crippen molar-refractivity contribution < 1.29 is 9.31 Å². The second kappa shape index (κ2) is 4.64. The van der Waals surface area contributed by atoms with Crippen molar-refractivity contribution >= 4 is 7.12 Å². The van der Waals surface area contributed by atoms with Gasteiger partial charge < -0.3 is 9.31 Å². The largest absolute Gasteiger partial charge is 0.468 e. The molecule has 1 aromatic carbocycles. The molecule has 2 nitrogen and oxygen atoms in total. The molecule has 0 aliphatic carbocycles. The first kappa shape index (κ1) is 14.6. The second-order valence-corrected chi connectivity index (χ2v) is 6.73. The lowest BCUT2D eigenvalue weighted by atomic mass is 9.53. The minimum atomic E-state index is -0.275. The van der Waals surface area contributed by atoms with Gasteiger partial charge in [0, 0.05) is 5.31 Å². The van der Waals surface area contributed by atoms with Crippen molar-refractivity contribution in [3.63, 3.8) is 0 Å². The van der Waals surface area contributed by atoms with Crippen LogP contribution < -0.4 is 0 Å². The molecule has 1 aliphatic heterocycles. The third kappa shape index (κ3) is 2.34. The molecule has 0 bridgehead atoms. The standard InChI is InChI=1S/C16H25BO2/c1-7-16(6,13-11-9-8-10-12-13)17-18-14(2,3)15(4,5)19-17/h8-12H,7H2,1-6H3/t16-/m0/s1. The van der Waals surface area contributed by atoms with Gasteiger partial charge in [-0.3, -0.25) is 0 Å². The molecule has 104 valence electrons. The Morgan fingerprint density at radius 3 is 1.89 bits per heavy atom. The van der Waals surface area contributed by atoms with Gasteiger partial charge in [-0.1, -0.05) is 44.2 Å². The van der Waals surface area contributed by atoms with Crippen molar-refractivity contribution in [2.75, 3.05) is 0 Å². The summed E-state index contributed by atoms with van der Waals surface area (Å²) in [5.41, 5.74) is 0.724. The first-order chi connectivity index (χ1) is 8.73. The molecular formula is C16H25BO2. The fraction of sp³-hybridized carbons (Fsp3) is 0.625. The van der Waals surface area contributed by atoms with Crippen molar-refractivity contribution in [1.82, 2.24) is 0 Å². The van der Waals surface area contributed by atoms with Gasteiger partial charge in [0.15, 0.2) is 0 Å². The molecule has 1 fully saturated rings. The topological polar surface area (TPSA) is 18.5 Å². The second-order valence-electron chi connectivity index (χ2n) is 6.73.